The molecule has 20 heavy (non-hydrogen) atoms. The van der Waals surface area contributed by atoms with Crippen molar-refractivity contribution in [3.63, 3.8) is 0 Å². The number of hydrogen-bond acceptors (Lipinski definition) is 3. The van der Waals surface area contributed by atoms with Crippen molar-refractivity contribution < 1.29 is 14.3 Å². The van der Waals surface area contributed by atoms with Gasteiger partial charge in [0.05, 0.1) is 11.1 Å². The van der Waals surface area contributed by atoms with Gasteiger partial charge in [-0.25, -0.2) is 0 Å². The van der Waals surface area contributed by atoms with Gasteiger partial charge in [0.25, 0.3) is 5.91 Å². The first kappa shape index (κ1) is 14.6. The molecule has 0 radical (unpaired) electrons. The molecule has 1 aromatic carbocycles. The summed E-state index contributed by atoms with van der Waals surface area (Å²) in [5.74, 6) is -0.0191. The molecule has 1 aromatic heterocycles. The second kappa shape index (κ2) is 4.63. The standard InChI is InChI=1S/C16H21NO3/c1-10-11-8-6-7-9-12(11)20-13(10)14(18)17-15(2,3)16(4,5)19/h6-9,19H,1-5H3,(H,17,18). The summed E-state index contributed by atoms with van der Waals surface area (Å²) in [5, 5.41) is 13.9. The predicted octanol–water partition coefficient (Wildman–Crippen LogP) is 3.02. The molecule has 0 atom stereocenters. The third-order valence-corrected chi connectivity index (χ3v) is 4.01. The number of furan rings is 1. The van der Waals surface area contributed by atoms with Crippen molar-refractivity contribution in [3.8, 4) is 0 Å². The molecule has 108 valence electrons. The van der Waals surface area contributed by atoms with Gasteiger partial charge in [0.1, 0.15) is 5.58 Å². The zero-order chi connectivity index (χ0) is 15.1. The Labute approximate surface area is 118 Å². The topological polar surface area (TPSA) is 62.5 Å². The minimum atomic E-state index is -1.04. The first-order chi connectivity index (χ1) is 9.13. The van der Waals surface area contributed by atoms with Gasteiger partial charge in [-0.2, -0.15) is 0 Å². The predicted molar refractivity (Wildman–Crippen MR) is 78.8 cm³/mol. The van der Waals surface area contributed by atoms with Crippen molar-refractivity contribution in [2.24, 2.45) is 0 Å². The minimum Gasteiger partial charge on any atom is -0.451 e. The average molecular weight is 275 g/mol. The fraction of sp³-hybridized carbons (Fsp3) is 0.438. The maximum Gasteiger partial charge on any atom is 0.287 e. The number of aliphatic hydroxyl groups is 1. The van der Waals surface area contributed by atoms with Gasteiger partial charge in [0, 0.05) is 10.9 Å². The van der Waals surface area contributed by atoms with Gasteiger partial charge in [-0.05, 0) is 40.7 Å². The molecule has 0 spiro atoms. The number of amides is 1. The highest BCUT2D eigenvalue weighted by Gasteiger charge is 2.37. The second-order valence-electron chi connectivity index (χ2n) is 6.19. The second-order valence-corrected chi connectivity index (χ2v) is 6.19. The molecule has 0 aliphatic rings. The Morgan fingerprint density at radius 1 is 1.20 bits per heavy atom. The lowest BCUT2D eigenvalue weighted by Crippen LogP contribution is -2.57. The van der Waals surface area contributed by atoms with Crippen LogP contribution in [0.1, 0.15) is 43.8 Å². The van der Waals surface area contributed by atoms with Crippen LogP contribution >= 0.6 is 0 Å². The van der Waals surface area contributed by atoms with Gasteiger partial charge in [-0.1, -0.05) is 18.2 Å². The molecule has 0 saturated carbocycles. The van der Waals surface area contributed by atoms with Crippen LogP contribution in [0.25, 0.3) is 11.0 Å². The molecule has 1 amide bonds. The van der Waals surface area contributed by atoms with Crippen LogP contribution in [0.2, 0.25) is 0 Å². The Hall–Kier alpha value is -1.81. The number of carbonyl (C=O) groups is 1. The van der Waals surface area contributed by atoms with Gasteiger partial charge in [0.2, 0.25) is 0 Å². The quantitative estimate of drug-likeness (QED) is 0.905. The van der Waals surface area contributed by atoms with E-state index in [4.69, 9.17) is 4.42 Å². The summed E-state index contributed by atoms with van der Waals surface area (Å²) in [7, 11) is 0. The van der Waals surface area contributed by atoms with E-state index in [0.717, 1.165) is 10.9 Å². The summed E-state index contributed by atoms with van der Waals surface area (Å²) in [6.07, 6.45) is 0. The van der Waals surface area contributed by atoms with Gasteiger partial charge in [0.15, 0.2) is 5.76 Å². The van der Waals surface area contributed by atoms with Crippen LogP contribution in [-0.2, 0) is 0 Å². The number of aryl methyl sites for hydroxylation is 1. The summed E-state index contributed by atoms with van der Waals surface area (Å²) < 4.78 is 5.63. The van der Waals surface area contributed by atoms with Crippen LogP contribution in [-0.4, -0.2) is 22.2 Å². The molecule has 2 N–H and O–H groups in total. The van der Waals surface area contributed by atoms with E-state index in [1.54, 1.807) is 27.7 Å². The molecule has 0 bridgehead atoms. The maximum absolute atomic E-state index is 12.4. The normalized spacial score (nSPS) is 12.7. The molecule has 4 heteroatoms. The lowest BCUT2D eigenvalue weighted by atomic mass is 9.86. The van der Waals surface area contributed by atoms with E-state index in [0.29, 0.717) is 11.3 Å². The Balaban J connectivity index is 2.35. The first-order valence-corrected chi connectivity index (χ1v) is 6.66. The van der Waals surface area contributed by atoms with E-state index in [-0.39, 0.29) is 5.91 Å². The summed E-state index contributed by atoms with van der Waals surface area (Å²) in [4.78, 5) is 12.4. The van der Waals surface area contributed by atoms with E-state index in [2.05, 4.69) is 5.32 Å². The summed E-state index contributed by atoms with van der Waals surface area (Å²) >= 11 is 0. The minimum absolute atomic E-state index is 0.295. The highest BCUT2D eigenvalue weighted by molar-refractivity contribution is 5.99. The molecular formula is C16H21NO3. The number of para-hydroxylation sites is 1. The third-order valence-electron chi connectivity index (χ3n) is 4.01. The number of nitrogens with one attached hydrogen (secondary N) is 1. The zero-order valence-electron chi connectivity index (χ0n) is 12.6. The fourth-order valence-corrected chi connectivity index (χ4v) is 1.88. The van der Waals surface area contributed by atoms with Gasteiger partial charge < -0.3 is 14.8 Å². The molecule has 1 heterocycles. The van der Waals surface area contributed by atoms with Crippen molar-refractivity contribution in [2.75, 3.05) is 0 Å². The van der Waals surface area contributed by atoms with Gasteiger partial charge in [-0.3, -0.25) is 4.79 Å². The van der Waals surface area contributed by atoms with Gasteiger partial charge >= 0.3 is 0 Å². The molecule has 0 fully saturated rings. The van der Waals surface area contributed by atoms with E-state index in [1.165, 1.54) is 0 Å². The lowest BCUT2D eigenvalue weighted by molar-refractivity contribution is -0.00339. The smallest absolute Gasteiger partial charge is 0.287 e. The van der Waals surface area contributed by atoms with Crippen LogP contribution in [0.15, 0.2) is 28.7 Å². The van der Waals surface area contributed by atoms with Crippen molar-refractivity contribution >= 4 is 16.9 Å². The highest BCUT2D eigenvalue weighted by Crippen LogP contribution is 2.26. The zero-order valence-corrected chi connectivity index (χ0v) is 12.6. The Bertz CT molecular complexity index is 647. The molecule has 4 nitrogen and oxygen atoms in total. The van der Waals surface area contributed by atoms with Crippen molar-refractivity contribution in [2.45, 2.75) is 45.8 Å². The van der Waals surface area contributed by atoms with E-state index < -0.39 is 11.1 Å². The Morgan fingerprint density at radius 2 is 1.80 bits per heavy atom. The Morgan fingerprint density at radius 3 is 2.35 bits per heavy atom. The molecule has 0 unspecified atom stereocenters. The number of hydrogen-bond donors (Lipinski definition) is 2. The maximum atomic E-state index is 12.4. The average Bonchev–Trinajstić information content (AvgIpc) is 2.66. The van der Waals surface area contributed by atoms with Gasteiger partial charge in [-0.15, -0.1) is 0 Å². The van der Waals surface area contributed by atoms with Crippen molar-refractivity contribution in [1.82, 2.24) is 5.32 Å². The molecule has 2 aromatic rings. The van der Waals surface area contributed by atoms with Crippen molar-refractivity contribution in [3.05, 3.63) is 35.6 Å². The summed E-state index contributed by atoms with van der Waals surface area (Å²) in [5.41, 5.74) is -0.307. The summed E-state index contributed by atoms with van der Waals surface area (Å²) in [6, 6.07) is 7.54. The first-order valence-electron chi connectivity index (χ1n) is 6.66. The van der Waals surface area contributed by atoms with Crippen LogP contribution in [0, 0.1) is 6.92 Å². The molecule has 0 aliphatic heterocycles. The Kier molecular flexibility index (Phi) is 3.38. The number of carbonyl (C=O) groups excluding carboxylic acids is 1. The van der Waals surface area contributed by atoms with E-state index in [9.17, 15) is 9.90 Å². The number of benzene rings is 1. The van der Waals surface area contributed by atoms with Crippen LogP contribution in [0.3, 0.4) is 0 Å². The monoisotopic (exact) mass is 275 g/mol. The number of rotatable bonds is 3. The third kappa shape index (κ3) is 2.43. The van der Waals surface area contributed by atoms with E-state index in [1.807, 2.05) is 31.2 Å². The van der Waals surface area contributed by atoms with Crippen LogP contribution in [0.5, 0.6) is 0 Å². The molecule has 0 aliphatic carbocycles. The lowest BCUT2D eigenvalue weighted by Gasteiger charge is -2.37. The highest BCUT2D eigenvalue weighted by atomic mass is 16.3. The molecule has 0 saturated heterocycles. The SMILES string of the molecule is Cc1c(C(=O)NC(C)(C)C(C)(C)O)oc2ccccc12. The largest absolute Gasteiger partial charge is 0.451 e. The van der Waals surface area contributed by atoms with Crippen molar-refractivity contribution in [1.29, 1.82) is 0 Å². The molecular weight excluding hydrogens is 254 g/mol. The number of fused-ring (bicyclic) bond motifs is 1. The fourth-order valence-electron chi connectivity index (χ4n) is 1.88. The summed E-state index contributed by atoms with van der Waals surface area (Å²) in [6.45, 7) is 8.75. The van der Waals surface area contributed by atoms with E-state index >= 15 is 0 Å². The van der Waals surface area contributed by atoms with Crippen LogP contribution in [0.4, 0.5) is 0 Å². The molecule has 2 rings (SSSR count). The van der Waals surface area contributed by atoms with Crippen LogP contribution < -0.4 is 5.32 Å².